The average molecular weight is 368 g/mol. The number of aryl methyl sites for hydroxylation is 2. The van der Waals surface area contributed by atoms with Crippen LogP contribution in [-0.2, 0) is 5.88 Å². The second-order valence-electron chi connectivity index (χ2n) is 5.04. The fraction of sp³-hybridized carbons (Fsp3) is 0.188. The van der Waals surface area contributed by atoms with Crippen molar-refractivity contribution >= 4 is 38.6 Å². The molecule has 0 aliphatic carbocycles. The van der Waals surface area contributed by atoms with E-state index < -0.39 is 0 Å². The number of fused-ring (bicyclic) bond motifs is 1. The summed E-state index contributed by atoms with van der Waals surface area (Å²) < 4.78 is 16.3. The van der Waals surface area contributed by atoms with Crippen molar-refractivity contribution < 1.29 is 4.39 Å². The first-order chi connectivity index (χ1) is 10.0. The van der Waals surface area contributed by atoms with E-state index >= 15 is 0 Å². The lowest BCUT2D eigenvalue weighted by Gasteiger charge is -2.12. The molecule has 1 heterocycles. The van der Waals surface area contributed by atoms with Crippen LogP contribution >= 0.6 is 27.5 Å². The Balaban J connectivity index is 2.40. The van der Waals surface area contributed by atoms with Gasteiger partial charge in [0.25, 0.3) is 0 Å². The highest BCUT2D eigenvalue weighted by molar-refractivity contribution is 9.10. The molecule has 0 bridgehead atoms. The van der Waals surface area contributed by atoms with Gasteiger partial charge in [-0.05, 0) is 53.0 Å². The standard InChI is InChI=1S/C16H13BrClFN2/c1-9-3-4-10(2)14(5-9)21-15-7-12(19)11(17)6-13(15)20-16(21)8-18/h3-7H,8H2,1-2H3. The zero-order valence-electron chi connectivity index (χ0n) is 11.6. The average Bonchev–Trinajstić information content (AvgIpc) is 2.79. The van der Waals surface area contributed by atoms with Crippen LogP contribution in [0.15, 0.2) is 34.8 Å². The number of hydrogen-bond acceptors (Lipinski definition) is 1. The number of aromatic nitrogens is 2. The van der Waals surface area contributed by atoms with Crippen molar-refractivity contribution in [2.24, 2.45) is 0 Å². The molecule has 0 aliphatic heterocycles. The van der Waals surface area contributed by atoms with Crippen LogP contribution < -0.4 is 0 Å². The van der Waals surface area contributed by atoms with E-state index in [1.165, 1.54) is 6.07 Å². The highest BCUT2D eigenvalue weighted by Crippen LogP contribution is 2.29. The first-order valence-corrected chi connectivity index (χ1v) is 7.84. The Hall–Kier alpha value is -1.39. The van der Waals surface area contributed by atoms with E-state index in [9.17, 15) is 4.39 Å². The second-order valence-corrected chi connectivity index (χ2v) is 6.16. The molecule has 108 valence electrons. The zero-order chi connectivity index (χ0) is 15.1. The molecule has 0 amide bonds. The summed E-state index contributed by atoms with van der Waals surface area (Å²) in [6.07, 6.45) is 0. The summed E-state index contributed by atoms with van der Waals surface area (Å²) in [5.74, 6) is 0.661. The fourth-order valence-corrected chi connectivity index (χ4v) is 2.95. The number of imidazole rings is 1. The van der Waals surface area contributed by atoms with Crippen LogP contribution in [0.3, 0.4) is 0 Å². The Kier molecular flexibility index (Phi) is 3.76. The van der Waals surface area contributed by atoms with Gasteiger partial charge in [0.05, 0.1) is 27.1 Å². The fourth-order valence-electron chi connectivity index (χ4n) is 2.44. The van der Waals surface area contributed by atoms with E-state index in [0.717, 1.165) is 27.8 Å². The molecule has 3 aromatic rings. The van der Waals surface area contributed by atoms with E-state index in [1.807, 2.05) is 24.5 Å². The number of benzene rings is 2. The molecule has 0 N–H and O–H groups in total. The van der Waals surface area contributed by atoms with Crippen LogP contribution in [0.25, 0.3) is 16.7 Å². The van der Waals surface area contributed by atoms with E-state index in [-0.39, 0.29) is 11.7 Å². The molecule has 1 aromatic heterocycles. The van der Waals surface area contributed by atoms with E-state index in [4.69, 9.17) is 11.6 Å². The van der Waals surface area contributed by atoms with Gasteiger partial charge in [-0.1, -0.05) is 12.1 Å². The Labute approximate surface area is 135 Å². The van der Waals surface area contributed by atoms with E-state index in [1.54, 1.807) is 6.07 Å². The summed E-state index contributed by atoms with van der Waals surface area (Å²) in [4.78, 5) is 4.51. The maximum absolute atomic E-state index is 13.9. The summed E-state index contributed by atoms with van der Waals surface area (Å²) in [6, 6.07) is 9.33. The second kappa shape index (κ2) is 5.43. The van der Waals surface area contributed by atoms with Crippen LogP contribution in [0.1, 0.15) is 17.0 Å². The first kappa shape index (κ1) is 14.5. The van der Waals surface area contributed by atoms with Crippen LogP contribution in [0.5, 0.6) is 0 Å². The maximum atomic E-state index is 13.9. The quantitative estimate of drug-likeness (QED) is 0.563. The third-order valence-corrected chi connectivity index (χ3v) is 4.34. The SMILES string of the molecule is Cc1ccc(C)c(-n2c(CCl)nc3cc(Br)c(F)cc32)c1. The van der Waals surface area contributed by atoms with Crippen LogP contribution in [0.2, 0.25) is 0 Å². The van der Waals surface area contributed by atoms with Gasteiger partial charge >= 0.3 is 0 Å². The predicted octanol–water partition coefficient (Wildman–Crippen LogP) is 5.28. The lowest BCUT2D eigenvalue weighted by atomic mass is 10.1. The third-order valence-electron chi connectivity index (χ3n) is 3.49. The molecule has 21 heavy (non-hydrogen) atoms. The van der Waals surface area contributed by atoms with Crippen LogP contribution in [0.4, 0.5) is 4.39 Å². The minimum Gasteiger partial charge on any atom is -0.295 e. The summed E-state index contributed by atoms with van der Waals surface area (Å²) >= 11 is 9.23. The van der Waals surface area contributed by atoms with Crippen molar-refractivity contribution in [3.63, 3.8) is 0 Å². The van der Waals surface area contributed by atoms with Gasteiger partial charge in [-0.25, -0.2) is 9.37 Å². The van der Waals surface area contributed by atoms with Gasteiger partial charge in [0.1, 0.15) is 11.6 Å². The predicted molar refractivity (Wildman–Crippen MR) is 87.8 cm³/mol. The van der Waals surface area contributed by atoms with Gasteiger partial charge in [-0.2, -0.15) is 0 Å². The molecular formula is C16H13BrClFN2. The Morgan fingerprint density at radius 1 is 1.24 bits per heavy atom. The van der Waals surface area contributed by atoms with Crippen molar-refractivity contribution in [3.05, 3.63) is 57.6 Å². The summed E-state index contributed by atoms with van der Waals surface area (Å²) in [7, 11) is 0. The monoisotopic (exact) mass is 366 g/mol. The highest BCUT2D eigenvalue weighted by Gasteiger charge is 2.15. The normalized spacial score (nSPS) is 11.3. The Bertz CT molecular complexity index is 842. The van der Waals surface area contributed by atoms with Crippen molar-refractivity contribution in [3.8, 4) is 5.69 Å². The van der Waals surface area contributed by atoms with Gasteiger partial charge in [0.15, 0.2) is 0 Å². The Morgan fingerprint density at radius 2 is 2.00 bits per heavy atom. The van der Waals surface area contributed by atoms with Gasteiger partial charge < -0.3 is 0 Å². The van der Waals surface area contributed by atoms with Crippen molar-refractivity contribution in [2.45, 2.75) is 19.7 Å². The van der Waals surface area contributed by atoms with Gasteiger partial charge in [0.2, 0.25) is 0 Å². The van der Waals surface area contributed by atoms with E-state index in [0.29, 0.717) is 10.3 Å². The molecule has 0 aliphatic rings. The molecule has 2 nitrogen and oxygen atoms in total. The van der Waals surface area contributed by atoms with Crippen LogP contribution in [-0.4, -0.2) is 9.55 Å². The lowest BCUT2D eigenvalue weighted by Crippen LogP contribution is -2.02. The number of alkyl halides is 1. The van der Waals surface area contributed by atoms with Crippen molar-refractivity contribution in [1.29, 1.82) is 0 Å². The lowest BCUT2D eigenvalue weighted by molar-refractivity contribution is 0.622. The van der Waals surface area contributed by atoms with Crippen molar-refractivity contribution in [1.82, 2.24) is 9.55 Å². The largest absolute Gasteiger partial charge is 0.295 e. The molecule has 0 radical (unpaired) electrons. The molecule has 0 spiro atoms. The maximum Gasteiger partial charge on any atom is 0.139 e. The molecule has 0 saturated carbocycles. The van der Waals surface area contributed by atoms with Crippen molar-refractivity contribution in [2.75, 3.05) is 0 Å². The topological polar surface area (TPSA) is 17.8 Å². The molecule has 0 saturated heterocycles. The summed E-state index contributed by atoms with van der Waals surface area (Å²) in [6.45, 7) is 4.05. The zero-order valence-corrected chi connectivity index (χ0v) is 14.0. The summed E-state index contributed by atoms with van der Waals surface area (Å²) in [5.41, 5.74) is 4.65. The Morgan fingerprint density at radius 3 is 2.71 bits per heavy atom. The highest BCUT2D eigenvalue weighted by atomic mass is 79.9. The van der Waals surface area contributed by atoms with E-state index in [2.05, 4.69) is 33.0 Å². The van der Waals surface area contributed by atoms with Crippen LogP contribution in [0, 0.1) is 19.7 Å². The molecular weight excluding hydrogens is 355 g/mol. The first-order valence-electron chi connectivity index (χ1n) is 6.51. The molecule has 0 fully saturated rings. The third kappa shape index (κ3) is 2.47. The number of nitrogens with zero attached hydrogens (tertiary/aromatic N) is 2. The van der Waals surface area contributed by atoms with Gasteiger partial charge in [-0.15, -0.1) is 11.6 Å². The summed E-state index contributed by atoms with van der Waals surface area (Å²) in [5, 5.41) is 0. The molecule has 2 aromatic carbocycles. The number of rotatable bonds is 2. The number of hydrogen-bond donors (Lipinski definition) is 0. The molecule has 3 rings (SSSR count). The van der Waals surface area contributed by atoms with Gasteiger partial charge in [-0.3, -0.25) is 4.57 Å². The molecule has 0 atom stereocenters. The number of halogens is 3. The smallest absolute Gasteiger partial charge is 0.139 e. The molecule has 5 heteroatoms. The minimum atomic E-state index is -0.310. The van der Waals surface area contributed by atoms with Gasteiger partial charge in [0, 0.05) is 6.07 Å². The molecule has 0 unspecified atom stereocenters. The minimum absolute atomic E-state index is 0.265.